The first kappa shape index (κ1) is 22.8. The summed E-state index contributed by atoms with van der Waals surface area (Å²) in [5, 5.41) is 12.4. The molecule has 29 heavy (non-hydrogen) atoms. The van der Waals surface area contributed by atoms with Gasteiger partial charge in [0.15, 0.2) is 0 Å². The van der Waals surface area contributed by atoms with E-state index in [4.69, 9.17) is 9.47 Å². The lowest BCUT2D eigenvalue weighted by molar-refractivity contribution is -0.155. The number of aliphatic carboxylic acids is 1. The number of nitrogens with one attached hydrogen (secondary N) is 1. The topological polar surface area (TPSA) is 105 Å². The highest BCUT2D eigenvalue weighted by atomic mass is 16.6. The molecule has 8 heteroatoms. The zero-order chi connectivity index (χ0) is 21.2. The largest absolute Gasteiger partial charge is 0.480 e. The van der Waals surface area contributed by atoms with E-state index in [1.807, 2.05) is 30.3 Å². The molecule has 1 heterocycles. The van der Waals surface area contributed by atoms with Gasteiger partial charge in [-0.1, -0.05) is 30.3 Å². The van der Waals surface area contributed by atoms with Gasteiger partial charge in [-0.3, -0.25) is 14.9 Å². The highest BCUT2D eigenvalue weighted by molar-refractivity contribution is 5.88. The van der Waals surface area contributed by atoms with Crippen molar-refractivity contribution >= 4 is 17.8 Å². The van der Waals surface area contributed by atoms with Crippen LogP contribution in [-0.2, 0) is 30.3 Å². The van der Waals surface area contributed by atoms with Gasteiger partial charge in [0.25, 0.3) is 0 Å². The summed E-state index contributed by atoms with van der Waals surface area (Å²) >= 11 is 0. The minimum absolute atomic E-state index is 0.141. The number of benzene rings is 1. The highest BCUT2D eigenvalue weighted by Crippen LogP contribution is 2.20. The van der Waals surface area contributed by atoms with Gasteiger partial charge in [0.2, 0.25) is 5.91 Å². The number of nitrogens with zero attached hydrogens (tertiary/aromatic N) is 1. The number of hydrogen-bond donors (Lipinski definition) is 2. The summed E-state index contributed by atoms with van der Waals surface area (Å²) in [5.41, 5.74) is 1.04. The molecule has 0 unspecified atom stereocenters. The third kappa shape index (κ3) is 6.83. The lowest BCUT2D eigenvalue weighted by Gasteiger charge is -2.28. The second-order valence-corrected chi connectivity index (χ2v) is 7.15. The summed E-state index contributed by atoms with van der Waals surface area (Å²) in [6, 6.07) is 7.39. The van der Waals surface area contributed by atoms with Crippen molar-refractivity contribution in [3.63, 3.8) is 0 Å². The maximum atomic E-state index is 12.9. The zero-order valence-electron chi connectivity index (χ0n) is 17.0. The van der Waals surface area contributed by atoms with Crippen LogP contribution in [0.2, 0.25) is 0 Å². The number of aryl methyl sites for hydroxylation is 1. The van der Waals surface area contributed by atoms with Gasteiger partial charge < -0.3 is 19.5 Å². The molecule has 2 N–H and O–H groups in total. The monoisotopic (exact) mass is 406 g/mol. The maximum Gasteiger partial charge on any atom is 0.328 e. The van der Waals surface area contributed by atoms with Gasteiger partial charge in [-0.15, -0.1) is 0 Å². The molecular weight excluding hydrogens is 376 g/mol. The molecule has 2 rings (SSSR count). The summed E-state index contributed by atoms with van der Waals surface area (Å²) in [6.07, 6.45) is 2.20. The molecule has 0 spiro atoms. The molecule has 1 aromatic rings. The van der Waals surface area contributed by atoms with E-state index in [0.717, 1.165) is 5.56 Å². The van der Waals surface area contributed by atoms with E-state index < -0.39 is 30.1 Å². The smallest absolute Gasteiger partial charge is 0.328 e. The van der Waals surface area contributed by atoms with E-state index in [0.29, 0.717) is 38.8 Å². The Morgan fingerprint density at radius 2 is 1.97 bits per heavy atom. The molecule has 1 aromatic carbocycles. The second kappa shape index (κ2) is 11.5. The third-order valence-electron chi connectivity index (χ3n) is 5.02. The van der Waals surface area contributed by atoms with Crippen LogP contribution in [0.5, 0.6) is 0 Å². The van der Waals surface area contributed by atoms with Crippen molar-refractivity contribution in [2.75, 3.05) is 26.9 Å². The third-order valence-corrected chi connectivity index (χ3v) is 5.02. The number of methoxy groups -OCH3 is 1. The predicted molar refractivity (Wildman–Crippen MR) is 106 cm³/mol. The van der Waals surface area contributed by atoms with Crippen molar-refractivity contribution in [2.45, 2.75) is 50.7 Å². The molecule has 8 nitrogen and oxygen atoms in total. The number of carbonyl (C=O) groups excluding carboxylic acids is 2. The van der Waals surface area contributed by atoms with E-state index in [9.17, 15) is 19.5 Å². The first-order valence-corrected chi connectivity index (χ1v) is 9.93. The fourth-order valence-corrected chi connectivity index (χ4v) is 3.45. The van der Waals surface area contributed by atoms with Crippen LogP contribution in [-0.4, -0.2) is 72.8 Å². The molecule has 3 atom stereocenters. The maximum absolute atomic E-state index is 12.9. The van der Waals surface area contributed by atoms with E-state index >= 15 is 0 Å². The second-order valence-electron chi connectivity index (χ2n) is 7.15. The molecule has 0 aliphatic carbocycles. The molecule has 0 radical (unpaired) electrons. The van der Waals surface area contributed by atoms with Crippen LogP contribution >= 0.6 is 0 Å². The van der Waals surface area contributed by atoms with Gasteiger partial charge in [-0.25, -0.2) is 4.79 Å². The van der Waals surface area contributed by atoms with E-state index in [1.165, 1.54) is 12.0 Å². The van der Waals surface area contributed by atoms with Gasteiger partial charge >= 0.3 is 11.9 Å². The molecule has 0 aromatic heterocycles. The fourth-order valence-electron chi connectivity index (χ4n) is 3.45. The summed E-state index contributed by atoms with van der Waals surface area (Å²) in [5.74, 6) is -1.74. The van der Waals surface area contributed by atoms with Crippen LogP contribution in [0.3, 0.4) is 0 Å². The Bertz CT molecular complexity index is 681. The van der Waals surface area contributed by atoms with Gasteiger partial charge in [0, 0.05) is 13.7 Å². The molecule has 0 saturated carbocycles. The Hall–Kier alpha value is -2.45. The van der Waals surface area contributed by atoms with Crippen LogP contribution in [0, 0.1) is 0 Å². The number of carbonyl (C=O) groups is 3. The van der Waals surface area contributed by atoms with E-state index in [-0.39, 0.29) is 12.5 Å². The molecule has 160 valence electrons. The number of carboxylic acids is 1. The Balaban J connectivity index is 1.92. The SMILES string of the molecule is COCCOC(=O)[C@@H]1CCCN1C(=O)[C@H](C)N[C@@H](CCc1ccccc1)C(=O)O. The van der Waals surface area contributed by atoms with Crippen molar-refractivity contribution in [1.29, 1.82) is 0 Å². The average molecular weight is 406 g/mol. The Morgan fingerprint density at radius 3 is 2.62 bits per heavy atom. The zero-order valence-corrected chi connectivity index (χ0v) is 17.0. The number of hydrogen-bond acceptors (Lipinski definition) is 6. The number of ether oxygens (including phenoxy) is 2. The van der Waals surface area contributed by atoms with Crippen molar-refractivity contribution in [2.24, 2.45) is 0 Å². The highest BCUT2D eigenvalue weighted by Gasteiger charge is 2.37. The van der Waals surface area contributed by atoms with E-state index in [1.54, 1.807) is 6.92 Å². The Morgan fingerprint density at radius 1 is 1.24 bits per heavy atom. The first-order chi connectivity index (χ1) is 13.9. The molecular formula is C21H30N2O6. The minimum Gasteiger partial charge on any atom is -0.480 e. The summed E-state index contributed by atoms with van der Waals surface area (Å²) < 4.78 is 10.0. The van der Waals surface area contributed by atoms with Crippen LogP contribution in [0.25, 0.3) is 0 Å². The molecule has 1 saturated heterocycles. The first-order valence-electron chi connectivity index (χ1n) is 9.93. The van der Waals surface area contributed by atoms with Crippen molar-refractivity contribution < 1.29 is 29.0 Å². The Labute approximate surface area is 171 Å². The van der Waals surface area contributed by atoms with Gasteiger partial charge in [-0.2, -0.15) is 0 Å². The van der Waals surface area contributed by atoms with Crippen molar-refractivity contribution in [3.8, 4) is 0 Å². The van der Waals surface area contributed by atoms with Gasteiger partial charge in [-0.05, 0) is 38.2 Å². The van der Waals surface area contributed by atoms with Gasteiger partial charge in [0.05, 0.1) is 12.6 Å². The lowest BCUT2D eigenvalue weighted by Crippen LogP contribution is -2.53. The van der Waals surface area contributed by atoms with Gasteiger partial charge in [0.1, 0.15) is 18.7 Å². The standard InChI is InChI=1S/C21H30N2O6/c1-15(22-17(20(25)26)11-10-16-7-4-3-5-8-16)19(24)23-12-6-9-18(23)21(27)29-14-13-28-2/h3-5,7-8,15,17-18,22H,6,9-14H2,1-2H3,(H,25,26)/t15-,17-,18-/m0/s1. The van der Waals surface area contributed by atoms with Crippen LogP contribution in [0.1, 0.15) is 31.7 Å². The molecule has 1 aliphatic heterocycles. The lowest BCUT2D eigenvalue weighted by atomic mass is 10.0. The number of carboxylic acid groups (broad SMARTS) is 1. The molecule has 0 bridgehead atoms. The van der Waals surface area contributed by atoms with Crippen molar-refractivity contribution in [1.82, 2.24) is 10.2 Å². The number of esters is 1. The number of amides is 1. The van der Waals surface area contributed by atoms with Crippen LogP contribution < -0.4 is 5.32 Å². The number of rotatable bonds is 11. The number of likely N-dealkylation sites (tertiary alicyclic amines) is 1. The fraction of sp³-hybridized carbons (Fsp3) is 0.571. The molecule has 1 fully saturated rings. The van der Waals surface area contributed by atoms with Crippen LogP contribution in [0.4, 0.5) is 0 Å². The Kier molecular flexibility index (Phi) is 9.08. The van der Waals surface area contributed by atoms with Crippen molar-refractivity contribution in [3.05, 3.63) is 35.9 Å². The average Bonchev–Trinajstić information content (AvgIpc) is 3.21. The summed E-state index contributed by atoms with van der Waals surface area (Å²) in [7, 11) is 1.52. The normalized spacial score (nSPS) is 18.3. The van der Waals surface area contributed by atoms with Crippen LogP contribution in [0.15, 0.2) is 30.3 Å². The predicted octanol–water partition coefficient (Wildman–Crippen LogP) is 1.23. The molecule has 1 amide bonds. The quantitative estimate of drug-likeness (QED) is 0.421. The van der Waals surface area contributed by atoms with E-state index in [2.05, 4.69) is 5.32 Å². The summed E-state index contributed by atoms with van der Waals surface area (Å²) in [6.45, 7) is 2.53. The molecule has 1 aliphatic rings. The summed E-state index contributed by atoms with van der Waals surface area (Å²) in [4.78, 5) is 38.3. The minimum atomic E-state index is -1.00.